The molecule has 0 atom stereocenters. The van der Waals surface area contributed by atoms with Crippen LogP contribution in [0.3, 0.4) is 0 Å². The molecule has 1 saturated heterocycles. The summed E-state index contributed by atoms with van der Waals surface area (Å²) >= 11 is 9.52. The van der Waals surface area contributed by atoms with E-state index in [0.717, 1.165) is 9.50 Å². The van der Waals surface area contributed by atoms with Crippen LogP contribution in [-0.4, -0.2) is 13.1 Å². The van der Waals surface area contributed by atoms with Crippen LogP contribution in [0.15, 0.2) is 22.7 Å². The van der Waals surface area contributed by atoms with E-state index in [4.69, 9.17) is 11.6 Å². The highest BCUT2D eigenvalue weighted by molar-refractivity contribution is 9.10. The average Bonchev–Trinajstić information content (AvgIpc) is 2.46. The maximum Gasteiger partial charge on any atom is 0.0511 e. The summed E-state index contributed by atoms with van der Waals surface area (Å²) in [6.45, 7) is 2.33. The van der Waals surface area contributed by atoms with Gasteiger partial charge in [-0.15, -0.1) is 0 Å². The van der Waals surface area contributed by atoms with Crippen molar-refractivity contribution in [2.75, 3.05) is 18.0 Å². The largest absolute Gasteiger partial charge is 0.371 e. The summed E-state index contributed by atoms with van der Waals surface area (Å²) in [5.41, 5.74) is 1.28. The van der Waals surface area contributed by atoms with Crippen LogP contribution in [-0.2, 0) is 0 Å². The normalized spacial score (nSPS) is 17.6. The first-order valence-corrected chi connectivity index (χ1v) is 6.64. The Kier molecular flexibility index (Phi) is 3.92. The van der Waals surface area contributed by atoms with Gasteiger partial charge < -0.3 is 4.90 Å². The van der Waals surface area contributed by atoms with E-state index in [1.165, 1.54) is 44.5 Å². The molecule has 0 aliphatic carbocycles. The number of rotatable bonds is 1. The molecule has 82 valence electrons. The lowest BCUT2D eigenvalue weighted by Crippen LogP contribution is -2.24. The molecule has 1 aliphatic heterocycles. The molecule has 1 fully saturated rings. The molecule has 1 aliphatic rings. The Labute approximate surface area is 105 Å². The molecule has 1 aromatic rings. The predicted molar refractivity (Wildman–Crippen MR) is 69.8 cm³/mol. The zero-order chi connectivity index (χ0) is 10.7. The van der Waals surface area contributed by atoms with Gasteiger partial charge in [-0.25, -0.2) is 0 Å². The molecular formula is C12H15BrClN. The molecule has 0 saturated carbocycles. The van der Waals surface area contributed by atoms with Crippen molar-refractivity contribution in [3.8, 4) is 0 Å². The Balaban J connectivity index is 2.19. The summed E-state index contributed by atoms with van der Waals surface area (Å²) < 4.78 is 1.11. The molecular weight excluding hydrogens is 273 g/mol. The van der Waals surface area contributed by atoms with Crippen LogP contribution in [0.1, 0.15) is 25.7 Å². The summed E-state index contributed by atoms with van der Waals surface area (Å²) in [5, 5.41) is 0.792. The van der Waals surface area contributed by atoms with E-state index in [1.807, 2.05) is 12.1 Å². The number of nitrogens with zero attached hydrogens (tertiary/aromatic N) is 1. The highest BCUT2D eigenvalue weighted by Gasteiger charge is 2.12. The third kappa shape index (κ3) is 2.88. The van der Waals surface area contributed by atoms with Crippen molar-refractivity contribution in [2.24, 2.45) is 0 Å². The average molecular weight is 289 g/mol. The Morgan fingerprint density at radius 3 is 2.33 bits per heavy atom. The van der Waals surface area contributed by atoms with Crippen molar-refractivity contribution in [3.63, 3.8) is 0 Å². The third-order valence-electron chi connectivity index (χ3n) is 2.86. The predicted octanol–water partition coefficient (Wildman–Crippen LogP) is 4.48. The van der Waals surface area contributed by atoms with Crippen LogP contribution < -0.4 is 4.90 Å². The van der Waals surface area contributed by atoms with Gasteiger partial charge in [0.25, 0.3) is 0 Å². The van der Waals surface area contributed by atoms with E-state index in [9.17, 15) is 0 Å². The molecule has 0 radical (unpaired) electrons. The van der Waals surface area contributed by atoms with Crippen molar-refractivity contribution in [1.29, 1.82) is 0 Å². The first-order chi connectivity index (χ1) is 7.27. The van der Waals surface area contributed by atoms with Crippen LogP contribution >= 0.6 is 27.5 Å². The standard InChI is InChI=1S/C12H15BrClN/c13-11-9-10(14)5-6-12(11)15-7-3-1-2-4-8-15/h5-6,9H,1-4,7-8H2. The first kappa shape index (κ1) is 11.3. The minimum atomic E-state index is 0.792. The molecule has 0 spiro atoms. The Hall–Kier alpha value is -0.210. The van der Waals surface area contributed by atoms with Crippen molar-refractivity contribution >= 4 is 33.2 Å². The van der Waals surface area contributed by atoms with Gasteiger partial charge in [0.15, 0.2) is 0 Å². The van der Waals surface area contributed by atoms with E-state index in [1.54, 1.807) is 0 Å². The van der Waals surface area contributed by atoms with Gasteiger partial charge in [-0.1, -0.05) is 24.4 Å². The van der Waals surface area contributed by atoms with E-state index in [-0.39, 0.29) is 0 Å². The second kappa shape index (κ2) is 5.22. The second-order valence-electron chi connectivity index (χ2n) is 4.00. The zero-order valence-corrected chi connectivity index (χ0v) is 11.0. The maximum atomic E-state index is 5.94. The van der Waals surface area contributed by atoms with E-state index in [2.05, 4.69) is 26.9 Å². The SMILES string of the molecule is Clc1ccc(N2CCCCCC2)c(Br)c1. The number of hydrogen-bond donors (Lipinski definition) is 0. The van der Waals surface area contributed by atoms with E-state index in [0.29, 0.717) is 0 Å². The van der Waals surface area contributed by atoms with Crippen molar-refractivity contribution in [2.45, 2.75) is 25.7 Å². The Bertz CT molecular complexity index is 332. The molecule has 3 heteroatoms. The van der Waals surface area contributed by atoms with Gasteiger partial charge in [-0.2, -0.15) is 0 Å². The zero-order valence-electron chi connectivity index (χ0n) is 8.68. The maximum absolute atomic E-state index is 5.94. The fourth-order valence-electron chi connectivity index (χ4n) is 2.05. The lowest BCUT2D eigenvalue weighted by atomic mass is 10.2. The topological polar surface area (TPSA) is 3.24 Å². The number of hydrogen-bond acceptors (Lipinski definition) is 1. The van der Waals surface area contributed by atoms with Crippen molar-refractivity contribution in [1.82, 2.24) is 0 Å². The van der Waals surface area contributed by atoms with Crippen molar-refractivity contribution in [3.05, 3.63) is 27.7 Å². The molecule has 0 amide bonds. The molecule has 1 aromatic carbocycles. The quantitative estimate of drug-likeness (QED) is 0.736. The summed E-state index contributed by atoms with van der Waals surface area (Å²) in [6.07, 6.45) is 5.33. The monoisotopic (exact) mass is 287 g/mol. The number of halogens is 2. The van der Waals surface area contributed by atoms with Crippen molar-refractivity contribution < 1.29 is 0 Å². The third-order valence-corrected chi connectivity index (χ3v) is 3.73. The fourth-order valence-corrected chi connectivity index (χ4v) is 2.98. The van der Waals surface area contributed by atoms with Gasteiger partial charge in [0.2, 0.25) is 0 Å². The van der Waals surface area contributed by atoms with Gasteiger partial charge in [-0.3, -0.25) is 0 Å². The summed E-state index contributed by atoms with van der Waals surface area (Å²) in [4.78, 5) is 2.45. The van der Waals surface area contributed by atoms with Crippen LogP contribution in [0.2, 0.25) is 5.02 Å². The molecule has 0 aromatic heterocycles. The minimum absolute atomic E-state index is 0.792. The van der Waals surface area contributed by atoms with Gasteiger partial charge in [0.1, 0.15) is 0 Å². The highest BCUT2D eigenvalue weighted by atomic mass is 79.9. The van der Waals surface area contributed by atoms with Gasteiger partial charge in [0, 0.05) is 22.6 Å². The lowest BCUT2D eigenvalue weighted by Gasteiger charge is -2.23. The number of benzene rings is 1. The first-order valence-electron chi connectivity index (χ1n) is 5.47. The smallest absolute Gasteiger partial charge is 0.0511 e. The highest BCUT2D eigenvalue weighted by Crippen LogP contribution is 2.30. The van der Waals surface area contributed by atoms with E-state index < -0.39 is 0 Å². The summed E-state index contributed by atoms with van der Waals surface area (Å²) in [7, 11) is 0. The van der Waals surface area contributed by atoms with Gasteiger partial charge in [0.05, 0.1) is 5.69 Å². The summed E-state index contributed by atoms with van der Waals surface area (Å²) in [5.74, 6) is 0. The summed E-state index contributed by atoms with van der Waals surface area (Å²) in [6, 6.07) is 6.05. The Morgan fingerprint density at radius 1 is 1.07 bits per heavy atom. The van der Waals surface area contributed by atoms with Gasteiger partial charge >= 0.3 is 0 Å². The molecule has 15 heavy (non-hydrogen) atoms. The number of anilines is 1. The molecule has 1 nitrogen and oxygen atoms in total. The molecule has 2 rings (SSSR count). The van der Waals surface area contributed by atoms with Gasteiger partial charge in [-0.05, 0) is 47.0 Å². The minimum Gasteiger partial charge on any atom is -0.371 e. The van der Waals surface area contributed by atoms with Crippen LogP contribution in [0, 0.1) is 0 Å². The van der Waals surface area contributed by atoms with Crippen LogP contribution in [0.5, 0.6) is 0 Å². The van der Waals surface area contributed by atoms with E-state index >= 15 is 0 Å². The lowest BCUT2D eigenvalue weighted by molar-refractivity contribution is 0.726. The van der Waals surface area contributed by atoms with Crippen LogP contribution in [0.4, 0.5) is 5.69 Å². The van der Waals surface area contributed by atoms with Crippen LogP contribution in [0.25, 0.3) is 0 Å². The molecule has 0 unspecified atom stereocenters. The molecule has 0 bridgehead atoms. The second-order valence-corrected chi connectivity index (χ2v) is 5.29. The molecule has 0 N–H and O–H groups in total. The Morgan fingerprint density at radius 2 is 1.73 bits per heavy atom. The fraction of sp³-hybridized carbons (Fsp3) is 0.500. The molecule has 1 heterocycles.